The SMILES string of the molecule is CCCOC(=O)C(C)(C)N=NC(C)(C(=O)OCCC)C(C)C. The summed E-state index contributed by atoms with van der Waals surface area (Å²) in [6, 6.07) is 0. The third kappa shape index (κ3) is 5.73. The molecule has 0 fully saturated rings. The van der Waals surface area contributed by atoms with Gasteiger partial charge in [-0.15, -0.1) is 0 Å². The van der Waals surface area contributed by atoms with Gasteiger partial charge in [0.2, 0.25) is 0 Å². The van der Waals surface area contributed by atoms with Crippen molar-refractivity contribution in [3.05, 3.63) is 0 Å². The summed E-state index contributed by atoms with van der Waals surface area (Å²) in [5, 5.41) is 8.24. The predicted molar refractivity (Wildman–Crippen MR) is 84.7 cm³/mol. The third-order valence-corrected chi connectivity index (χ3v) is 3.42. The molecule has 0 aromatic carbocycles. The molecule has 0 N–H and O–H groups in total. The summed E-state index contributed by atoms with van der Waals surface area (Å²) < 4.78 is 10.3. The maximum atomic E-state index is 12.2. The molecule has 0 amide bonds. The molecule has 1 atom stereocenters. The minimum Gasteiger partial charge on any atom is -0.464 e. The Kier molecular flexibility index (Phi) is 8.27. The monoisotopic (exact) mass is 314 g/mol. The van der Waals surface area contributed by atoms with Crippen LogP contribution in [0, 0.1) is 5.92 Å². The van der Waals surface area contributed by atoms with Gasteiger partial charge in [-0.2, -0.15) is 10.2 Å². The molecule has 0 aliphatic carbocycles. The van der Waals surface area contributed by atoms with Gasteiger partial charge in [0.05, 0.1) is 13.2 Å². The highest BCUT2D eigenvalue weighted by Crippen LogP contribution is 2.26. The molecule has 22 heavy (non-hydrogen) atoms. The summed E-state index contributed by atoms with van der Waals surface area (Å²) in [6.45, 7) is 13.2. The summed E-state index contributed by atoms with van der Waals surface area (Å²) in [4.78, 5) is 24.2. The van der Waals surface area contributed by atoms with Gasteiger partial charge in [0.25, 0.3) is 0 Å². The summed E-state index contributed by atoms with van der Waals surface area (Å²) in [5.74, 6) is -0.986. The van der Waals surface area contributed by atoms with Crippen LogP contribution in [0.5, 0.6) is 0 Å². The van der Waals surface area contributed by atoms with Gasteiger partial charge >= 0.3 is 11.9 Å². The lowest BCUT2D eigenvalue weighted by Crippen LogP contribution is -2.41. The van der Waals surface area contributed by atoms with E-state index in [2.05, 4.69) is 10.2 Å². The van der Waals surface area contributed by atoms with Crippen LogP contribution in [0.4, 0.5) is 0 Å². The van der Waals surface area contributed by atoms with Crippen LogP contribution in [-0.4, -0.2) is 36.2 Å². The first-order chi connectivity index (χ1) is 10.1. The number of carbonyl (C=O) groups excluding carboxylic acids is 2. The van der Waals surface area contributed by atoms with E-state index >= 15 is 0 Å². The Morgan fingerprint density at radius 2 is 1.36 bits per heavy atom. The number of hydrogen-bond donors (Lipinski definition) is 0. The van der Waals surface area contributed by atoms with Crippen molar-refractivity contribution in [1.82, 2.24) is 0 Å². The highest BCUT2D eigenvalue weighted by Gasteiger charge is 2.40. The first kappa shape index (κ1) is 20.5. The molecule has 128 valence electrons. The summed E-state index contributed by atoms with van der Waals surface area (Å²) in [7, 11) is 0. The molecule has 0 heterocycles. The number of esters is 2. The molecular weight excluding hydrogens is 284 g/mol. The van der Waals surface area contributed by atoms with Crippen molar-refractivity contribution in [3.8, 4) is 0 Å². The van der Waals surface area contributed by atoms with E-state index in [9.17, 15) is 9.59 Å². The average molecular weight is 314 g/mol. The number of ether oxygens (including phenoxy) is 2. The molecule has 0 aliphatic rings. The highest BCUT2D eigenvalue weighted by atomic mass is 16.5. The second-order valence-electron chi connectivity index (χ2n) is 6.33. The van der Waals surface area contributed by atoms with Crippen molar-refractivity contribution >= 4 is 11.9 Å². The second kappa shape index (κ2) is 8.86. The van der Waals surface area contributed by atoms with Gasteiger partial charge in [0.1, 0.15) is 0 Å². The van der Waals surface area contributed by atoms with Gasteiger partial charge in [-0.3, -0.25) is 0 Å². The fourth-order valence-electron chi connectivity index (χ4n) is 1.37. The standard InChI is InChI=1S/C16H30N2O4/c1-8-10-21-13(19)15(5,6)17-18-16(7,12(3)4)14(20)22-11-9-2/h12H,8-11H2,1-7H3. The summed E-state index contributed by atoms with van der Waals surface area (Å²) in [5.41, 5.74) is -2.24. The van der Waals surface area contributed by atoms with Crippen LogP contribution in [0.3, 0.4) is 0 Å². The van der Waals surface area contributed by atoms with Crippen LogP contribution >= 0.6 is 0 Å². The second-order valence-corrected chi connectivity index (χ2v) is 6.33. The fraction of sp³-hybridized carbons (Fsp3) is 0.875. The summed E-state index contributed by atoms with van der Waals surface area (Å²) >= 11 is 0. The Morgan fingerprint density at radius 1 is 0.909 bits per heavy atom. The van der Waals surface area contributed by atoms with Crippen LogP contribution in [0.15, 0.2) is 10.2 Å². The minimum atomic E-state index is -1.13. The van der Waals surface area contributed by atoms with Crippen LogP contribution in [0.1, 0.15) is 61.3 Å². The average Bonchev–Trinajstić information content (AvgIpc) is 2.47. The van der Waals surface area contributed by atoms with E-state index in [4.69, 9.17) is 9.47 Å². The van der Waals surface area contributed by atoms with Crippen LogP contribution in [0.25, 0.3) is 0 Å². The normalized spacial score (nSPS) is 14.9. The largest absolute Gasteiger partial charge is 0.464 e. The van der Waals surface area contributed by atoms with E-state index in [0.717, 1.165) is 12.8 Å². The first-order valence-corrected chi connectivity index (χ1v) is 7.90. The molecule has 1 unspecified atom stereocenters. The van der Waals surface area contributed by atoms with Gasteiger partial charge < -0.3 is 9.47 Å². The van der Waals surface area contributed by atoms with E-state index in [1.54, 1.807) is 20.8 Å². The van der Waals surface area contributed by atoms with E-state index in [1.165, 1.54) is 0 Å². The Bertz CT molecular complexity index is 405. The lowest BCUT2D eigenvalue weighted by atomic mass is 9.89. The molecule has 0 aliphatic heterocycles. The topological polar surface area (TPSA) is 77.3 Å². The summed E-state index contributed by atoms with van der Waals surface area (Å²) in [6.07, 6.45) is 1.48. The minimum absolute atomic E-state index is 0.108. The van der Waals surface area contributed by atoms with E-state index in [1.807, 2.05) is 27.7 Å². The van der Waals surface area contributed by atoms with Crippen molar-refractivity contribution in [2.45, 2.75) is 72.4 Å². The Balaban J connectivity index is 5.14. The van der Waals surface area contributed by atoms with E-state index in [0.29, 0.717) is 13.2 Å². The molecule has 0 aromatic heterocycles. The van der Waals surface area contributed by atoms with Gasteiger partial charge in [0, 0.05) is 0 Å². The van der Waals surface area contributed by atoms with Crippen molar-refractivity contribution in [2.24, 2.45) is 16.1 Å². The van der Waals surface area contributed by atoms with Gasteiger partial charge in [-0.25, -0.2) is 9.59 Å². The molecule has 0 saturated heterocycles. The Hall–Kier alpha value is -1.46. The zero-order valence-corrected chi connectivity index (χ0v) is 14.9. The predicted octanol–water partition coefficient (Wildman–Crippen LogP) is 3.54. The van der Waals surface area contributed by atoms with E-state index < -0.39 is 23.0 Å². The number of carbonyl (C=O) groups is 2. The molecule has 6 nitrogen and oxygen atoms in total. The van der Waals surface area contributed by atoms with E-state index in [-0.39, 0.29) is 5.92 Å². The molecule has 6 heteroatoms. The molecule has 0 bridgehead atoms. The van der Waals surface area contributed by atoms with Crippen LogP contribution in [0.2, 0.25) is 0 Å². The zero-order valence-electron chi connectivity index (χ0n) is 14.9. The van der Waals surface area contributed by atoms with Crippen molar-refractivity contribution < 1.29 is 19.1 Å². The smallest absolute Gasteiger partial charge is 0.335 e. The lowest BCUT2D eigenvalue weighted by molar-refractivity contribution is -0.153. The number of azo groups is 1. The van der Waals surface area contributed by atoms with Crippen molar-refractivity contribution in [3.63, 3.8) is 0 Å². The molecule has 0 saturated carbocycles. The highest BCUT2D eigenvalue weighted by molar-refractivity contribution is 5.81. The Morgan fingerprint density at radius 3 is 1.77 bits per heavy atom. The van der Waals surface area contributed by atoms with Gasteiger partial charge in [0.15, 0.2) is 11.1 Å². The first-order valence-electron chi connectivity index (χ1n) is 7.90. The van der Waals surface area contributed by atoms with Crippen LogP contribution in [-0.2, 0) is 19.1 Å². The number of rotatable bonds is 9. The third-order valence-electron chi connectivity index (χ3n) is 3.42. The quantitative estimate of drug-likeness (QED) is 0.482. The van der Waals surface area contributed by atoms with Crippen LogP contribution < -0.4 is 0 Å². The maximum Gasteiger partial charge on any atom is 0.335 e. The maximum absolute atomic E-state index is 12.2. The fourth-order valence-corrected chi connectivity index (χ4v) is 1.37. The molecule has 0 radical (unpaired) electrons. The molecule has 0 rings (SSSR count). The van der Waals surface area contributed by atoms with Gasteiger partial charge in [-0.05, 0) is 39.5 Å². The lowest BCUT2D eigenvalue weighted by Gasteiger charge is -2.27. The number of nitrogens with zero attached hydrogens (tertiary/aromatic N) is 2. The van der Waals surface area contributed by atoms with Crippen molar-refractivity contribution in [2.75, 3.05) is 13.2 Å². The van der Waals surface area contributed by atoms with Gasteiger partial charge in [-0.1, -0.05) is 27.7 Å². The zero-order chi connectivity index (χ0) is 17.4. The van der Waals surface area contributed by atoms with Crippen molar-refractivity contribution in [1.29, 1.82) is 0 Å². The molecular formula is C16H30N2O4. The molecule has 0 aromatic rings. The molecule has 0 spiro atoms. The number of hydrogen-bond acceptors (Lipinski definition) is 6. The Labute approximate surface area is 133 Å².